The van der Waals surface area contributed by atoms with Crippen molar-refractivity contribution in [3.05, 3.63) is 72.3 Å². The second-order valence-corrected chi connectivity index (χ2v) is 10.1. The van der Waals surface area contributed by atoms with Crippen LogP contribution in [0.4, 0.5) is 0 Å². The normalized spacial score (nSPS) is 16.9. The number of likely N-dealkylation sites (tertiary alicyclic amines) is 1. The molecule has 2 atom stereocenters. The lowest BCUT2D eigenvalue weighted by Crippen LogP contribution is -2.46. The zero-order valence-corrected chi connectivity index (χ0v) is 20.6. The van der Waals surface area contributed by atoms with Crippen molar-refractivity contribution in [1.82, 2.24) is 34.7 Å². The van der Waals surface area contributed by atoms with Crippen LogP contribution in [-0.2, 0) is 17.3 Å². The summed E-state index contributed by atoms with van der Waals surface area (Å²) in [5, 5.41) is 13.6. The van der Waals surface area contributed by atoms with Crippen molar-refractivity contribution < 1.29 is 9.00 Å². The van der Waals surface area contributed by atoms with Crippen molar-refractivity contribution in [3.63, 3.8) is 0 Å². The van der Waals surface area contributed by atoms with Crippen molar-refractivity contribution in [2.24, 2.45) is 0 Å². The van der Waals surface area contributed by atoms with Crippen LogP contribution < -0.4 is 0 Å². The zero-order valence-electron chi connectivity index (χ0n) is 19.7. The van der Waals surface area contributed by atoms with E-state index in [9.17, 15) is 9.00 Å². The van der Waals surface area contributed by atoms with Gasteiger partial charge in [-0.1, -0.05) is 17.7 Å². The molecule has 10 heteroatoms. The predicted octanol–water partition coefficient (Wildman–Crippen LogP) is 3.27. The van der Waals surface area contributed by atoms with Gasteiger partial charge in [0.15, 0.2) is 0 Å². The first-order valence-corrected chi connectivity index (χ1v) is 13.2. The second kappa shape index (κ2) is 9.91. The molecule has 5 rings (SSSR count). The first kappa shape index (κ1) is 23.1. The maximum absolute atomic E-state index is 13.8. The third-order valence-electron chi connectivity index (χ3n) is 6.25. The van der Waals surface area contributed by atoms with Gasteiger partial charge in [-0.3, -0.25) is 13.7 Å². The number of piperidine rings is 1. The zero-order chi connectivity index (χ0) is 24.4. The quantitative estimate of drug-likeness (QED) is 0.412. The highest BCUT2D eigenvalue weighted by Gasteiger charge is 2.30. The number of pyridine rings is 1. The number of benzene rings is 1. The summed E-state index contributed by atoms with van der Waals surface area (Å²) in [6.45, 7) is 3.27. The van der Waals surface area contributed by atoms with Crippen molar-refractivity contribution in [3.8, 4) is 16.9 Å². The van der Waals surface area contributed by atoms with Crippen molar-refractivity contribution in [1.29, 1.82) is 0 Å². The number of hydrogen-bond acceptors (Lipinski definition) is 6. The van der Waals surface area contributed by atoms with E-state index in [0.717, 1.165) is 36.1 Å². The third kappa shape index (κ3) is 4.93. The highest BCUT2D eigenvalue weighted by molar-refractivity contribution is 7.84. The Labute approximate surface area is 206 Å². The molecule has 0 aliphatic carbocycles. The lowest BCUT2D eigenvalue weighted by Gasteiger charge is -2.36. The fourth-order valence-corrected chi connectivity index (χ4v) is 4.99. The van der Waals surface area contributed by atoms with Crippen molar-refractivity contribution >= 4 is 16.7 Å². The van der Waals surface area contributed by atoms with Crippen LogP contribution in [-0.4, -0.2) is 63.6 Å². The van der Waals surface area contributed by atoms with E-state index in [2.05, 4.69) is 20.3 Å². The minimum Gasteiger partial charge on any atom is -0.334 e. The predicted molar refractivity (Wildman–Crippen MR) is 133 cm³/mol. The smallest absolute Gasteiger partial charge is 0.256 e. The summed E-state index contributed by atoms with van der Waals surface area (Å²) in [6.07, 6.45) is 11.5. The molecule has 1 saturated heterocycles. The summed E-state index contributed by atoms with van der Waals surface area (Å²) in [4.78, 5) is 21.7. The fourth-order valence-electron chi connectivity index (χ4n) is 4.50. The van der Waals surface area contributed by atoms with Crippen LogP contribution in [0.15, 0.2) is 66.2 Å². The molecule has 180 valence electrons. The summed E-state index contributed by atoms with van der Waals surface area (Å²) in [6, 6.07) is 11.3. The van der Waals surface area contributed by atoms with E-state index >= 15 is 0 Å². The molecule has 1 aliphatic rings. The van der Waals surface area contributed by atoms with Gasteiger partial charge in [0.1, 0.15) is 5.03 Å². The molecule has 9 nitrogen and oxygen atoms in total. The van der Waals surface area contributed by atoms with Crippen LogP contribution in [0.3, 0.4) is 0 Å². The average molecular weight is 490 g/mol. The number of rotatable bonds is 6. The van der Waals surface area contributed by atoms with Crippen LogP contribution in [0.1, 0.15) is 35.2 Å². The van der Waals surface area contributed by atoms with E-state index in [-0.39, 0.29) is 11.9 Å². The van der Waals surface area contributed by atoms with Gasteiger partial charge in [-0.2, -0.15) is 20.1 Å². The summed E-state index contributed by atoms with van der Waals surface area (Å²) < 4.78 is 13.7. The topological polar surface area (TPSA) is 98.8 Å². The monoisotopic (exact) mass is 489 g/mol. The number of carbonyl (C=O) groups is 1. The molecule has 0 spiro atoms. The molecule has 1 amide bonds. The molecule has 1 unspecified atom stereocenters. The van der Waals surface area contributed by atoms with Crippen LogP contribution in [0, 0.1) is 6.92 Å². The molecule has 0 N–H and O–H groups in total. The molecule has 4 heterocycles. The number of carbonyl (C=O) groups excluding carboxylic acids is 1. The Morgan fingerprint density at radius 2 is 1.94 bits per heavy atom. The number of aryl methyl sites for hydroxylation is 1. The molecular formula is C25H27N7O2S. The summed E-state index contributed by atoms with van der Waals surface area (Å²) in [5.74, 6) is -0.0159. The lowest BCUT2D eigenvalue weighted by molar-refractivity contribution is 0.0583. The van der Waals surface area contributed by atoms with Crippen LogP contribution in [0.5, 0.6) is 0 Å². The molecule has 1 aromatic carbocycles. The highest BCUT2D eigenvalue weighted by atomic mass is 32.2. The Balaban J connectivity index is 1.39. The number of nitrogens with zero attached hydrogens (tertiary/aromatic N) is 7. The van der Waals surface area contributed by atoms with Gasteiger partial charge in [-0.15, -0.1) is 0 Å². The van der Waals surface area contributed by atoms with Crippen LogP contribution >= 0.6 is 0 Å². The standard InChI is InChI=1S/C25H27N7O2S/c1-18-9-10-23(32-26-11-12-27-32)21(14-18)25(33)31-13-4-3-6-20(31)17-30-16-19(15-28-30)22-7-5-8-24(29-22)35(2)34/h5,7-12,14-16,20H,3-4,6,13,17H2,1-2H3/t20-,35?/m0/s1. The number of aromatic nitrogens is 6. The first-order valence-electron chi connectivity index (χ1n) is 11.6. The molecule has 1 fully saturated rings. The highest BCUT2D eigenvalue weighted by Crippen LogP contribution is 2.25. The van der Waals surface area contributed by atoms with E-state index < -0.39 is 10.8 Å². The molecular weight excluding hydrogens is 462 g/mol. The van der Waals surface area contributed by atoms with Crippen LogP contribution in [0.25, 0.3) is 16.9 Å². The maximum Gasteiger partial charge on any atom is 0.256 e. The number of hydrogen-bond donors (Lipinski definition) is 0. The maximum atomic E-state index is 13.8. The molecule has 3 aromatic heterocycles. The van der Waals surface area contributed by atoms with Gasteiger partial charge < -0.3 is 4.90 Å². The van der Waals surface area contributed by atoms with Gasteiger partial charge in [0.25, 0.3) is 5.91 Å². The Morgan fingerprint density at radius 1 is 1.11 bits per heavy atom. The molecule has 0 bridgehead atoms. The van der Waals surface area contributed by atoms with E-state index in [1.807, 2.05) is 53.0 Å². The van der Waals surface area contributed by atoms with Crippen LogP contribution in [0.2, 0.25) is 0 Å². The minimum absolute atomic E-state index is 0.0159. The summed E-state index contributed by atoms with van der Waals surface area (Å²) in [5.41, 5.74) is 3.88. The van der Waals surface area contributed by atoms with Gasteiger partial charge in [-0.05, 0) is 50.5 Å². The van der Waals surface area contributed by atoms with E-state index in [1.165, 1.54) is 4.80 Å². The van der Waals surface area contributed by atoms with Crippen molar-refractivity contribution in [2.45, 2.75) is 43.8 Å². The summed E-state index contributed by atoms with van der Waals surface area (Å²) >= 11 is 0. The van der Waals surface area contributed by atoms with E-state index in [1.54, 1.807) is 30.9 Å². The Morgan fingerprint density at radius 3 is 2.74 bits per heavy atom. The largest absolute Gasteiger partial charge is 0.334 e. The lowest BCUT2D eigenvalue weighted by atomic mass is 9.99. The Hall–Kier alpha value is -3.66. The first-order chi connectivity index (χ1) is 17.0. The summed E-state index contributed by atoms with van der Waals surface area (Å²) in [7, 11) is -1.15. The minimum atomic E-state index is -1.15. The Bertz CT molecular complexity index is 1370. The fraction of sp³-hybridized carbons (Fsp3) is 0.320. The molecule has 0 radical (unpaired) electrons. The molecule has 0 saturated carbocycles. The van der Waals surface area contributed by atoms with Gasteiger partial charge in [-0.25, -0.2) is 4.98 Å². The van der Waals surface area contributed by atoms with E-state index in [4.69, 9.17) is 0 Å². The molecule has 35 heavy (non-hydrogen) atoms. The average Bonchev–Trinajstić information content (AvgIpc) is 3.57. The van der Waals surface area contributed by atoms with Crippen molar-refractivity contribution in [2.75, 3.05) is 12.8 Å². The van der Waals surface area contributed by atoms with Gasteiger partial charge in [0.05, 0.1) is 58.9 Å². The van der Waals surface area contributed by atoms with Gasteiger partial charge >= 0.3 is 0 Å². The van der Waals surface area contributed by atoms with E-state index in [0.29, 0.717) is 29.4 Å². The SMILES string of the molecule is Cc1ccc(-n2nccn2)c(C(=O)N2CCCC[C@H]2Cn2cc(-c3cccc(S(C)=O)n3)cn2)c1. The molecule has 4 aromatic rings. The number of amides is 1. The second-order valence-electron chi connectivity index (χ2n) is 8.75. The van der Waals surface area contributed by atoms with Gasteiger partial charge in [0.2, 0.25) is 0 Å². The third-order valence-corrected chi connectivity index (χ3v) is 7.07. The molecule has 1 aliphatic heterocycles. The Kier molecular flexibility index (Phi) is 6.54. The van der Waals surface area contributed by atoms with Gasteiger partial charge in [0, 0.05) is 24.6 Å².